The van der Waals surface area contributed by atoms with Gasteiger partial charge in [0.05, 0.1) is 22.4 Å². The van der Waals surface area contributed by atoms with Crippen LogP contribution in [0, 0.1) is 13.8 Å². The molecule has 4 nitrogen and oxygen atoms in total. The minimum Gasteiger partial charge on any atom is -0.390 e. The summed E-state index contributed by atoms with van der Waals surface area (Å²) in [6.07, 6.45) is -2.76. The van der Waals surface area contributed by atoms with Crippen LogP contribution in [0.25, 0.3) is 16.6 Å². The van der Waals surface area contributed by atoms with Crippen LogP contribution in [0.15, 0.2) is 42.6 Å². The van der Waals surface area contributed by atoms with Crippen molar-refractivity contribution in [2.24, 2.45) is 0 Å². The minimum atomic E-state index is -4.36. The van der Waals surface area contributed by atoms with Gasteiger partial charge in [-0.25, -0.2) is 4.52 Å². The number of ketones is 1. The fourth-order valence-electron chi connectivity index (χ4n) is 3.11. The van der Waals surface area contributed by atoms with Crippen LogP contribution in [0.4, 0.5) is 13.2 Å². The second-order valence-corrected chi connectivity index (χ2v) is 7.76. The average Bonchev–Trinajstić information content (AvgIpc) is 2.87. The smallest absolute Gasteiger partial charge is 0.390 e. The topological polar surface area (TPSA) is 54.6 Å². The van der Waals surface area contributed by atoms with Crippen molar-refractivity contribution in [2.45, 2.75) is 52.8 Å². The summed E-state index contributed by atoms with van der Waals surface area (Å²) in [6.45, 7) is 8.46. The first kappa shape index (κ1) is 22.6. The number of alkyl halides is 3. The predicted molar refractivity (Wildman–Crippen MR) is 107 cm³/mol. The molecule has 0 fully saturated rings. The van der Waals surface area contributed by atoms with Crippen molar-refractivity contribution < 1.29 is 23.1 Å². The molecular formula is C22H25F3N2O2. The molecule has 3 aromatic rings. The molecule has 0 aliphatic carbocycles. The Balaban J connectivity index is 0.000000321. The summed E-state index contributed by atoms with van der Waals surface area (Å²) >= 11 is 0. The number of aliphatic hydroxyl groups is 1. The number of aryl methyl sites for hydroxylation is 2. The third-order valence-electron chi connectivity index (χ3n) is 4.13. The van der Waals surface area contributed by atoms with Crippen LogP contribution in [-0.4, -0.2) is 26.1 Å². The van der Waals surface area contributed by atoms with Crippen molar-refractivity contribution in [3.05, 3.63) is 59.4 Å². The molecule has 0 aliphatic heterocycles. The molecule has 2 heterocycles. The number of hydrogen-bond donors (Lipinski definition) is 1. The van der Waals surface area contributed by atoms with Gasteiger partial charge < -0.3 is 5.11 Å². The molecule has 0 spiro atoms. The van der Waals surface area contributed by atoms with Gasteiger partial charge in [-0.15, -0.1) is 0 Å². The maximum Gasteiger partial charge on any atom is 0.416 e. The Hall–Kier alpha value is -2.67. The van der Waals surface area contributed by atoms with Crippen molar-refractivity contribution in [2.75, 3.05) is 0 Å². The maximum absolute atomic E-state index is 12.9. The largest absolute Gasteiger partial charge is 0.416 e. The van der Waals surface area contributed by atoms with Crippen LogP contribution in [0.2, 0.25) is 0 Å². The monoisotopic (exact) mass is 406 g/mol. The number of Topliss-reactive ketones (excluding diaryl/α,β-unsaturated/α-hetero) is 1. The van der Waals surface area contributed by atoms with Gasteiger partial charge >= 0.3 is 6.18 Å². The zero-order valence-corrected chi connectivity index (χ0v) is 17.1. The van der Waals surface area contributed by atoms with E-state index in [1.807, 2.05) is 31.2 Å². The summed E-state index contributed by atoms with van der Waals surface area (Å²) in [5.74, 6) is 0.0255. The summed E-state index contributed by atoms with van der Waals surface area (Å²) in [5.41, 5.74) is 2.35. The van der Waals surface area contributed by atoms with E-state index in [-0.39, 0.29) is 12.2 Å². The number of nitrogens with zero attached hydrogens (tertiary/aromatic N) is 2. The number of pyridine rings is 1. The lowest BCUT2D eigenvalue weighted by atomic mass is 10.0. The molecule has 0 unspecified atom stereocenters. The standard InChI is InChI=1S/C16H13F3N2.C6H12O2/c1-10-4-3-5-12(8-10)15-11(2)20-21-7-6-13(9-14(15)21)16(17,18)19;1-5(7)4-6(2,3)8/h3-9H,1-2H3;8H,4H2,1-3H3. The third-order valence-corrected chi connectivity index (χ3v) is 4.13. The molecule has 29 heavy (non-hydrogen) atoms. The van der Waals surface area contributed by atoms with E-state index in [1.54, 1.807) is 20.8 Å². The molecule has 3 rings (SSSR count). The highest BCUT2D eigenvalue weighted by Crippen LogP contribution is 2.34. The number of halogens is 3. The Morgan fingerprint density at radius 3 is 2.28 bits per heavy atom. The molecular weight excluding hydrogens is 381 g/mol. The van der Waals surface area contributed by atoms with Crippen LogP contribution in [-0.2, 0) is 11.0 Å². The molecule has 0 radical (unpaired) electrons. The summed E-state index contributed by atoms with van der Waals surface area (Å²) < 4.78 is 40.2. The molecule has 7 heteroatoms. The van der Waals surface area contributed by atoms with Gasteiger partial charge in [-0.05, 0) is 52.3 Å². The number of benzene rings is 1. The van der Waals surface area contributed by atoms with E-state index >= 15 is 0 Å². The van der Waals surface area contributed by atoms with Gasteiger partial charge in [0.2, 0.25) is 0 Å². The van der Waals surface area contributed by atoms with Gasteiger partial charge in [0.15, 0.2) is 0 Å². The Morgan fingerprint density at radius 1 is 1.14 bits per heavy atom. The number of fused-ring (bicyclic) bond motifs is 1. The number of aromatic nitrogens is 2. The van der Waals surface area contributed by atoms with E-state index in [1.165, 1.54) is 17.6 Å². The molecule has 2 aromatic heterocycles. The number of hydrogen-bond acceptors (Lipinski definition) is 3. The number of carbonyl (C=O) groups excluding carboxylic acids is 1. The van der Waals surface area contributed by atoms with Crippen LogP contribution in [0.3, 0.4) is 0 Å². The van der Waals surface area contributed by atoms with Gasteiger partial charge in [-0.3, -0.25) is 4.79 Å². The second-order valence-electron chi connectivity index (χ2n) is 7.76. The first-order valence-corrected chi connectivity index (χ1v) is 9.13. The van der Waals surface area contributed by atoms with Crippen LogP contribution < -0.4 is 0 Å². The first-order valence-electron chi connectivity index (χ1n) is 9.13. The Morgan fingerprint density at radius 2 is 1.79 bits per heavy atom. The summed E-state index contributed by atoms with van der Waals surface area (Å²) in [4.78, 5) is 10.3. The Kier molecular flexibility index (Phi) is 6.53. The zero-order chi connectivity index (χ0) is 22.0. The fraction of sp³-hybridized carbons (Fsp3) is 0.364. The summed E-state index contributed by atoms with van der Waals surface area (Å²) in [5, 5.41) is 13.3. The van der Waals surface area contributed by atoms with Crippen LogP contribution in [0.5, 0.6) is 0 Å². The molecule has 0 saturated carbocycles. The first-order chi connectivity index (χ1) is 13.3. The SMILES string of the molecule is CC(=O)CC(C)(C)O.Cc1cccc(-c2c(C)nn3ccc(C(F)(F)F)cc23)c1. The van der Waals surface area contributed by atoms with Crippen molar-refractivity contribution in [1.82, 2.24) is 9.61 Å². The fourth-order valence-corrected chi connectivity index (χ4v) is 3.11. The second kappa shape index (κ2) is 8.37. The van der Waals surface area contributed by atoms with Crippen molar-refractivity contribution in [3.63, 3.8) is 0 Å². The Bertz CT molecular complexity index is 1020. The quantitative estimate of drug-likeness (QED) is 0.636. The Labute approximate surface area is 168 Å². The molecule has 1 N–H and O–H groups in total. The van der Waals surface area contributed by atoms with Crippen LogP contribution in [0.1, 0.15) is 44.0 Å². The van der Waals surface area contributed by atoms with Gasteiger partial charge in [-0.1, -0.05) is 29.8 Å². The lowest BCUT2D eigenvalue weighted by Crippen LogP contribution is -2.21. The molecule has 0 atom stereocenters. The molecule has 156 valence electrons. The van der Waals surface area contributed by atoms with Gasteiger partial charge in [0, 0.05) is 18.2 Å². The van der Waals surface area contributed by atoms with E-state index < -0.39 is 17.3 Å². The van der Waals surface area contributed by atoms with Crippen molar-refractivity contribution in [3.8, 4) is 11.1 Å². The summed E-state index contributed by atoms with van der Waals surface area (Å²) in [7, 11) is 0. The highest BCUT2D eigenvalue weighted by Gasteiger charge is 2.31. The lowest BCUT2D eigenvalue weighted by Gasteiger charge is -2.13. The highest BCUT2D eigenvalue weighted by molar-refractivity contribution is 5.83. The zero-order valence-electron chi connectivity index (χ0n) is 17.1. The van der Waals surface area contributed by atoms with Crippen LogP contribution >= 0.6 is 0 Å². The number of rotatable bonds is 3. The maximum atomic E-state index is 12.9. The van der Waals surface area contributed by atoms with Gasteiger partial charge in [0.25, 0.3) is 0 Å². The van der Waals surface area contributed by atoms with E-state index in [9.17, 15) is 18.0 Å². The highest BCUT2D eigenvalue weighted by atomic mass is 19.4. The summed E-state index contributed by atoms with van der Waals surface area (Å²) in [6, 6.07) is 9.87. The number of carbonyl (C=O) groups is 1. The van der Waals surface area contributed by atoms with Crippen molar-refractivity contribution >= 4 is 11.3 Å². The minimum absolute atomic E-state index is 0.0255. The molecule has 0 amide bonds. The van der Waals surface area contributed by atoms with Gasteiger partial charge in [0.1, 0.15) is 5.78 Å². The average molecular weight is 406 g/mol. The molecule has 0 bridgehead atoms. The molecule has 0 aliphatic rings. The predicted octanol–water partition coefficient (Wildman–Crippen LogP) is 5.37. The molecule has 0 saturated heterocycles. The third kappa shape index (κ3) is 6.15. The van der Waals surface area contributed by atoms with E-state index in [0.717, 1.165) is 28.8 Å². The van der Waals surface area contributed by atoms with E-state index in [0.29, 0.717) is 11.2 Å². The molecule has 1 aromatic carbocycles. The normalized spacial score (nSPS) is 11.9. The lowest BCUT2D eigenvalue weighted by molar-refractivity contribution is -0.137. The van der Waals surface area contributed by atoms with E-state index in [4.69, 9.17) is 5.11 Å². The van der Waals surface area contributed by atoms with E-state index in [2.05, 4.69) is 5.10 Å². The van der Waals surface area contributed by atoms with Crippen molar-refractivity contribution in [1.29, 1.82) is 0 Å². The van der Waals surface area contributed by atoms with Gasteiger partial charge in [-0.2, -0.15) is 18.3 Å².